The maximum atomic E-state index is 5.59. The lowest BCUT2D eigenvalue weighted by Gasteiger charge is -2.07. The highest BCUT2D eigenvalue weighted by molar-refractivity contribution is 5.99. The standard InChI is InChI=1S/C18H14N4O/c1-2-6-13(7-3-1)15-11-23-18-16(15)17(21-12-22-18)20-10-14-8-4-5-9-19-14/h1-9,11-12H,10H2,(H,20,21,22). The minimum atomic E-state index is 0.572. The predicted molar refractivity (Wildman–Crippen MR) is 88.8 cm³/mol. The molecule has 4 aromatic rings. The van der Waals surface area contributed by atoms with Gasteiger partial charge in [0.05, 0.1) is 17.6 Å². The number of hydrogen-bond acceptors (Lipinski definition) is 5. The fraction of sp³-hybridized carbons (Fsp3) is 0.0556. The van der Waals surface area contributed by atoms with Gasteiger partial charge in [-0.15, -0.1) is 0 Å². The molecule has 23 heavy (non-hydrogen) atoms. The highest BCUT2D eigenvalue weighted by atomic mass is 16.3. The van der Waals surface area contributed by atoms with Crippen LogP contribution in [0.3, 0.4) is 0 Å². The highest BCUT2D eigenvalue weighted by Crippen LogP contribution is 2.33. The lowest BCUT2D eigenvalue weighted by molar-refractivity contribution is 0.603. The minimum absolute atomic E-state index is 0.572. The molecule has 5 nitrogen and oxygen atoms in total. The first-order valence-corrected chi connectivity index (χ1v) is 7.33. The Morgan fingerprint density at radius 3 is 2.61 bits per heavy atom. The van der Waals surface area contributed by atoms with Gasteiger partial charge in [-0.25, -0.2) is 9.97 Å². The summed E-state index contributed by atoms with van der Waals surface area (Å²) in [5.41, 5.74) is 3.57. The van der Waals surface area contributed by atoms with E-state index >= 15 is 0 Å². The van der Waals surface area contributed by atoms with Gasteiger partial charge in [0.2, 0.25) is 5.71 Å². The van der Waals surface area contributed by atoms with E-state index in [9.17, 15) is 0 Å². The SMILES string of the molecule is c1ccc(-c2coc3ncnc(NCc4ccccn4)c23)cc1. The van der Waals surface area contributed by atoms with E-state index in [4.69, 9.17) is 4.42 Å². The van der Waals surface area contributed by atoms with Crippen LogP contribution in [-0.2, 0) is 6.54 Å². The number of hydrogen-bond donors (Lipinski definition) is 1. The fourth-order valence-corrected chi connectivity index (χ4v) is 2.52. The van der Waals surface area contributed by atoms with Crippen LogP contribution < -0.4 is 5.32 Å². The molecule has 0 saturated heterocycles. The molecule has 0 aliphatic carbocycles. The van der Waals surface area contributed by atoms with Crippen molar-refractivity contribution in [3.8, 4) is 11.1 Å². The van der Waals surface area contributed by atoms with Gasteiger partial charge in [-0.3, -0.25) is 4.98 Å². The van der Waals surface area contributed by atoms with E-state index in [-0.39, 0.29) is 0 Å². The molecule has 4 rings (SSSR count). The van der Waals surface area contributed by atoms with E-state index in [2.05, 4.69) is 20.3 Å². The monoisotopic (exact) mass is 302 g/mol. The molecule has 0 amide bonds. The lowest BCUT2D eigenvalue weighted by Crippen LogP contribution is -2.03. The van der Waals surface area contributed by atoms with Crippen LogP contribution in [0, 0.1) is 0 Å². The number of nitrogens with zero attached hydrogens (tertiary/aromatic N) is 3. The summed E-state index contributed by atoms with van der Waals surface area (Å²) in [5, 5.41) is 4.21. The van der Waals surface area contributed by atoms with Gasteiger partial charge >= 0.3 is 0 Å². The Kier molecular flexibility index (Phi) is 3.44. The molecule has 0 saturated carbocycles. The number of aromatic nitrogens is 3. The third-order valence-corrected chi connectivity index (χ3v) is 3.62. The van der Waals surface area contributed by atoms with Gasteiger partial charge in [-0.05, 0) is 17.7 Å². The number of fused-ring (bicyclic) bond motifs is 1. The fourth-order valence-electron chi connectivity index (χ4n) is 2.52. The number of pyridine rings is 1. The van der Waals surface area contributed by atoms with Gasteiger partial charge in [0.25, 0.3) is 0 Å². The van der Waals surface area contributed by atoms with Crippen molar-refractivity contribution in [1.82, 2.24) is 15.0 Å². The maximum Gasteiger partial charge on any atom is 0.231 e. The summed E-state index contributed by atoms with van der Waals surface area (Å²) < 4.78 is 5.59. The molecule has 1 N–H and O–H groups in total. The molecule has 0 atom stereocenters. The van der Waals surface area contributed by atoms with Gasteiger partial charge in [0.15, 0.2) is 0 Å². The molecule has 5 heteroatoms. The summed E-state index contributed by atoms with van der Waals surface area (Å²) in [6.45, 7) is 0.590. The summed E-state index contributed by atoms with van der Waals surface area (Å²) in [4.78, 5) is 12.9. The van der Waals surface area contributed by atoms with Crippen molar-refractivity contribution in [2.75, 3.05) is 5.32 Å². The predicted octanol–water partition coefficient (Wildman–Crippen LogP) is 3.90. The van der Waals surface area contributed by atoms with Crippen LogP contribution >= 0.6 is 0 Å². The van der Waals surface area contributed by atoms with Crippen molar-refractivity contribution in [1.29, 1.82) is 0 Å². The first-order valence-electron chi connectivity index (χ1n) is 7.33. The van der Waals surface area contributed by atoms with Crippen LogP contribution in [0.15, 0.2) is 71.7 Å². The lowest BCUT2D eigenvalue weighted by atomic mass is 10.1. The van der Waals surface area contributed by atoms with Crippen molar-refractivity contribution >= 4 is 16.9 Å². The number of nitrogens with one attached hydrogen (secondary N) is 1. The first kappa shape index (κ1) is 13.5. The van der Waals surface area contributed by atoms with E-state index in [0.29, 0.717) is 12.3 Å². The number of benzene rings is 1. The molecule has 0 spiro atoms. The van der Waals surface area contributed by atoms with Crippen LogP contribution in [0.5, 0.6) is 0 Å². The summed E-state index contributed by atoms with van der Waals surface area (Å²) in [6.07, 6.45) is 5.00. The Hall–Kier alpha value is -3.21. The van der Waals surface area contributed by atoms with Gasteiger partial charge in [-0.1, -0.05) is 36.4 Å². The van der Waals surface area contributed by atoms with Crippen LogP contribution in [0.25, 0.3) is 22.2 Å². The van der Waals surface area contributed by atoms with Gasteiger partial charge < -0.3 is 9.73 Å². The second-order valence-electron chi connectivity index (χ2n) is 5.09. The Morgan fingerprint density at radius 2 is 1.78 bits per heavy atom. The van der Waals surface area contributed by atoms with E-state index in [0.717, 1.165) is 28.0 Å². The maximum absolute atomic E-state index is 5.59. The second kappa shape index (κ2) is 5.88. The van der Waals surface area contributed by atoms with Crippen LogP contribution in [0.4, 0.5) is 5.82 Å². The van der Waals surface area contributed by atoms with Crippen molar-refractivity contribution in [2.24, 2.45) is 0 Å². The van der Waals surface area contributed by atoms with Crippen molar-refractivity contribution in [3.63, 3.8) is 0 Å². The zero-order valence-electron chi connectivity index (χ0n) is 12.3. The van der Waals surface area contributed by atoms with Crippen molar-refractivity contribution in [3.05, 3.63) is 73.0 Å². The summed E-state index contributed by atoms with van der Waals surface area (Å²) >= 11 is 0. The van der Waals surface area contributed by atoms with E-state index < -0.39 is 0 Å². The van der Waals surface area contributed by atoms with E-state index in [1.807, 2.05) is 48.5 Å². The van der Waals surface area contributed by atoms with E-state index in [1.165, 1.54) is 6.33 Å². The molecule has 112 valence electrons. The molecular formula is C18H14N4O. The molecule has 0 radical (unpaired) electrons. The van der Waals surface area contributed by atoms with Crippen LogP contribution in [-0.4, -0.2) is 15.0 Å². The Balaban J connectivity index is 1.73. The molecule has 3 aromatic heterocycles. The van der Waals surface area contributed by atoms with E-state index in [1.54, 1.807) is 12.5 Å². The van der Waals surface area contributed by atoms with Crippen molar-refractivity contribution in [2.45, 2.75) is 6.54 Å². The van der Waals surface area contributed by atoms with Gasteiger partial charge in [-0.2, -0.15) is 0 Å². The third kappa shape index (κ3) is 2.64. The largest absolute Gasteiger partial charge is 0.445 e. The average Bonchev–Trinajstić information content (AvgIpc) is 3.06. The Bertz CT molecular complexity index is 920. The molecular weight excluding hydrogens is 288 g/mol. The van der Waals surface area contributed by atoms with Crippen LogP contribution in [0.2, 0.25) is 0 Å². The molecule has 0 aliphatic heterocycles. The summed E-state index contributed by atoms with van der Waals surface area (Å²) in [5.74, 6) is 0.744. The highest BCUT2D eigenvalue weighted by Gasteiger charge is 2.14. The van der Waals surface area contributed by atoms with Gasteiger partial charge in [0, 0.05) is 11.8 Å². The van der Waals surface area contributed by atoms with Crippen LogP contribution in [0.1, 0.15) is 5.69 Å². The molecule has 0 fully saturated rings. The average molecular weight is 302 g/mol. The smallest absolute Gasteiger partial charge is 0.231 e. The zero-order chi connectivity index (χ0) is 15.5. The molecule has 1 aromatic carbocycles. The molecule has 3 heterocycles. The second-order valence-corrected chi connectivity index (χ2v) is 5.09. The van der Waals surface area contributed by atoms with Gasteiger partial charge in [0.1, 0.15) is 18.4 Å². The molecule has 0 bridgehead atoms. The summed E-state index contributed by atoms with van der Waals surface area (Å²) in [6, 6.07) is 15.9. The van der Waals surface area contributed by atoms with Crippen molar-refractivity contribution < 1.29 is 4.42 Å². The number of anilines is 1. The minimum Gasteiger partial charge on any atom is -0.445 e. The third-order valence-electron chi connectivity index (χ3n) is 3.62. The first-order chi connectivity index (χ1) is 11.4. The molecule has 0 aliphatic rings. The number of furan rings is 1. The normalized spacial score (nSPS) is 10.8. The quantitative estimate of drug-likeness (QED) is 0.619. The Morgan fingerprint density at radius 1 is 0.913 bits per heavy atom. The Labute approximate surface area is 133 Å². The zero-order valence-corrected chi connectivity index (χ0v) is 12.3. The molecule has 0 unspecified atom stereocenters. The number of rotatable bonds is 4. The summed E-state index contributed by atoms with van der Waals surface area (Å²) in [7, 11) is 0. The topological polar surface area (TPSA) is 63.8 Å².